The molecule has 4 heteroatoms. The van der Waals surface area contributed by atoms with Gasteiger partial charge >= 0.3 is 45.5 Å². The van der Waals surface area contributed by atoms with Crippen molar-refractivity contribution in [3.05, 3.63) is 0 Å². The van der Waals surface area contributed by atoms with Gasteiger partial charge in [-0.05, 0) is 0 Å². The Morgan fingerprint density at radius 3 is 1.00 bits per heavy atom. The maximum Gasteiger partial charge on any atom is 2.00 e. The topological polar surface area (TPSA) is 0 Å². The smallest absolute Gasteiger partial charge is 1.00 e. The second-order valence-corrected chi connectivity index (χ2v) is 0. The van der Waals surface area contributed by atoms with Crippen LogP contribution in [0.4, 0.5) is 0 Å². The minimum atomic E-state index is 0. The number of hydrogen-bond acceptors (Lipinski definition) is 0. The second kappa shape index (κ2) is 26.8. The van der Waals surface area contributed by atoms with Gasteiger partial charge in [-0.15, -0.1) is 0 Å². The molecule has 0 spiro atoms. The maximum absolute atomic E-state index is 0. The maximum atomic E-state index is 0. The van der Waals surface area contributed by atoms with Crippen LogP contribution in [0.2, 0.25) is 0 Å². The molecule has 0 N–H and O–H groups in total. The van der Waals surface area contributed by atoms with Gasteiger partial charge in [-0.1, -0.05) is 7.43 Å². The molecule has 28 valence electrons. The molecular weight excluding hydrogens is 201 g/mol. The molecule has 0 bridgehead atoms. The molecule has 0 aromatic rings. The van der Waals surface area contributed by atoms with Crippen molar-refractivity contribution in [3.63, 3.8) is 0 Å². The number of hydrogen-bond donors (Lipinski definition) is 0. The Balaban J connectivity index is 0. The fraction of sp³-hybridized carbons (Fsp3) is 1.00. The molecule has 0 unspecified atom stereocenters. The minimum Gasteiger partial charge on any atom is -1.00 e. The molecule has 0 aromatic carbocycles. The van der Waals surface area contributed by atoms with E-state index in [9.17, 15) is 0 Å². The molecule has 0 saturated heterocycles. The summed E-state index contributed by atoms with van der Waals surface area (Å²) in [4.78, 5) is 0. The third-order valence-electron chi connectivity index (χ3n) is 0. The Morgan fingerprint density at radius 1 is 1.00 bits per heavy atom. The fourth-order valence-corrected chi connectivity index (χ4v) is 0. The van der Waals surface area contributed by atoms with Gasteiger partial charge in [-0.3, -0.25) is 0 Å². The predicted octanol–water partition coefficient (Wildman–Crippen LogP) is -1.89. The standard InChI is InChI=1S/CH4.2Al.Sr.Ti.8H/h1H4;;;;;;;;;;;;/q;;;+2;;;;;;;;2*-1. The average Bonchev–Trinajstić information content (AvgIpc) is 0. The summed E-state index contributed by atoms with van der Waals surface area (Å²) in [6, 6.07) is 0. The predicted molar refractivity (Wildman–Crippen MR) is 34.6 cm³/mol. The monoisotopic (exact) mass is 214 g/mol. The van der Waals surface area contributed by atoms with Crippen LogP contribution in [0.5, 0.6) is 0 Å². The normalized spacial score (nSPS) is 0. The Labute approximate surface area is 110 Å². The van der Waals surface area contributed by atoms with Crippen molar-refractivity contribution in [2.75, 3.05) is 0 Å². The van der Waals surface area contributed by atoms with E-state index >= 15 is 0 Å². The second-order valence-electron chi connectivity index (χ2n) is 0. The molecule has 0 radical (unpaired) electrons. The van der Waals surface area contributed by atoms with Crippen molar-refractivity contribution in [1.29, 1.82) is 0 Å². The van der Waals surface area contributed by atoms with E-state index in [-0.39, 0.29) is 112 Å². The Bertz CT molecular complexity index is 15.7. The third-order valence-corrected chi connectivity index (χ3v) is 0. The van der Waals surface area contributed by atoms with Crippen LogP contribution in [-0.2, 0) is 21.7 Å². The first-order valence-corrected chi connectivity index (χ1v) is 0. The molecule has 0 nitrogen and oxygen atoms in total. The first-order valence-electron chi connectivity index (χ1n) is 0. The van der Waals surface area contributed by atoms with Crippen LogP contribution in [0, 0.1) is 0 Å². The molecule has 0 aliphatic rings. The Hall–Kier alpha value is 3.26. The van der Waals surface area contributed by atoms with Gasteiger partial charge in [-0.25, -0.2) is 0 Å². The van der Waals surface area contributed by atoms with Crippen molar-refractivity contribution in [3.8, 4) is 0 Å². The minimum absolute atomic E-state index is 0. The van der Waals surface area contributed by atoms with Crippen molar-refractivity contribution in [2.45, 2.75) is 7.43 Å². The van der Waals surface area contributed by atoms with E-state index in [1.807, 2.05) is 0 Å². The van der Waals surface area contributed by atoms with Gasteiger partial charge in [-0.2, -0.15) is 0 Å². The van der Waals surface area contributed by atoms with Crippen LogP contribution in [-0.4, -0.2) is 80.2 Å². The summed E-state index contributed by atoms with van der Waals surface area (Å²) in [6.07, 6.45) is 0. The first-order chi connectivity index (χ1) is 0. The zero-order valence-corrected chi connectivity index (χ0v) is 6.24. The van der Waals surface area contributed by atoms with E-state index in [4.69, 9.17) is 0 Å². The molecular formula is CH12Al2SrTi. The van der Waals surface area contributed by atoms with Crippen LogP contribution in [0.15, 0.2) is 0 Å². The summed E-state index contributed by atoms with van der Waals surface area (Å²) in [5.74, 6) is 0. The van der Waals surface area contributed by atoms with Crippen LogP contribution in [0.1, 0.15) is 10.3 Å². The number of rotatable bonds is 0. The van der Waals surface area contributed by atoms with Gasteiger partial charge < -0.3 is 2.85 Å². The zero-order valence-electron chi connectivity index (χ0n) is 3.21. The summed E-state index contributed by atoms with van der Waals surface area (Å²) in [7, 11) is 0. The van der Waals surface area contributed by atoms with Crippen LogP contribution < -0.4 is 0 Å². The Kier molecular flexibility index (Phi) is 219. The molecule has 0 rings (SSSR count). The molecule has 0 aliphatic heterocycles. The van der Waals surface area contributed by atoms with Crippen molar-refractivity contribution in [1.82, 2.24) is 0 Å². The van der Waals surface area contributed by atoms with Gasteiger partial charge in [0.25, 0.3) is 0 Å². The molecule has 0 aromatic heterocycles. The van der Waals surface area contributed by atoms with Gasteiger partial charge in [0.1, 0.15) is 0 Å². The summed E-state index contributed by atoms with van der Waals surface area (Å²) < 4.78 is 0. The van der Waals surface area contributed by atoms with Gasteiger partial charge in [0.15, 0.2) is 34.7 Å². The molecule has 5 heavy (non-hydrogen) atoms. The molecule has 0 atom stereocenters. The quantitative estimate of drug-likeness (QED) is 0.413. The molecule has 0 heterocycles. The van der Waals surface area contributed by atoms with E-state index in [0.717, 1.165) is 0 Å². The summed E-state index contributed by atoms with van der Waals surface area (Å²) in [5, 5.41) is 0. The first kappa shape index (κ1) is 41.0. The fourth-order valence-electron chi connectivity index (χ4n) is 0. The van der Waals surface area contributed by atoms with E-state index < -0.39 is 0 Å². The van der Waals surface area contributed by atoms with Crippen LogP contribution in [0.25, 0.3) is 0 Å². The van der Waals surface area contributed by atoms with E-state index in [1.54, 1.807) is 0 Å². The van der Waals surface area contributed by atoms with E-state index in [2.05, 4.69) is 0 Å². The largest absolute Gasteiger partial charge is 2.00 e. The third kappa shape index (κ3) is 18.9. The summed E-state index contributed by atoms with van der Waals surface area (Å²) >= 11 is 0. The van der Waals surface area contributed by atoms with Crippen molar-refractivity contribution >= 4 is 80.2 Å². The molecule has 0 fully saturated rings. The summed E-state index contributed by atoms with van der Waals surface area (Å²) in [5.41, 5.74) is 0. The van der Waals surface area contributed by atoms with Crippen molar-refractivity contribution < 1.29 is 24.6 Å². The molecule has 0 aliphatic carbocycles. The van der Waals surface area contributed by atoms with Gasteiger partial charge in [0.05, 0.1) is 0 Å². The molecule has 0 saturated carbocycles. The average molecular weight is 214 g/mol. The van der Waals surface area contributed by atoms with Crippen LogP contribution >= 0.6 is 0 Å². The summed E-state index contributed by atoms with van der Waals surface area (Å²) in [6.45, 7) is 0. The Morgan fingerprint density at radius 2 is 1.00 bits per heavy atom. The van der Waals surface area contributed by atoms with Crippen molar-refractivity contribution in [2.24, 2.45) is 0 Å². The zero-order chi connectivity index (χ0) is 0. The SMILES string of the molecule is C.[AlH3].[AlH3].[H-].[H-].[Sr+2].[Ti]. The van der Waals surface area contributed by atoms with Gasteiger partial charge in [0, 0.05) is 21.7 Å². The van der Waals surface area contributed by atoms with Gasteiger partial charge in [0.2, 0.25) is 0 Å². The van der Waals surface area contributed by atoms with E-state index in [1.165, 1.54) is 0 Å². The van der Waals surface area contributed by atoms with E-state index in [0.29, 0.717) is 0 Å². The molecule has 0 amide bonds. The van der Waals surface area contributed by atoms with Crippen LogP contribution in [0.3, 0.4) is 0 Å².